The molecule has 0 aliphatic rings. The van der Waals surface area contributed by atoms with Crippen LogP contribution >= 0.6 is 0 Å². The lowest BCUT2D eigenvalue weighted by Gasteiger charge is -2.09. The van der Waals surface area contributed by atoms with Crippen LogP contribution in [0.15, 0.2) is 30.6 Å². The van der Waals surface area contributed by atoms with E-state index in [0.29, 0.717) is 23.0 Å². The van der Waals surface area contributed by atoms with Crippen molar-refractivity contribution in [1.29, 1.82) is 0 Å². The number of ether oxygens (including phenoxy) is 2. The molecular formula is C12H12FN3O2. The average Bonchev–Trinajstić information content (AvgIpc) is 2.38. The van der Waals surface area contributed by atoms with Crippen LogP contribution in [0.3, 0.4) is 0 Å². The van der Waals surface area contributed by atoms with Gasteiger partial charge in [-0.25, -0.2) is 9.97 Å². The largest absolute Gasteiger partial charge is 0.497 e. The van der Waals surface area contributed by atoms with Gasteiger partial charge in [0.1, 0.15) is 23.6 Å². The van der Waals surface area contributed by atoms with Crippen LogP contribution in [0.2, 0.25) is 0 Å². The van der Waals surface area contributed by atoms with Gasteiger partial charge in [0.2, 0.25) is 5.95 Å². The van der Waals surface area contributed by atoms with Crippen LogP contribution in [0.25, 0.3) is 0 Å². The van der Waals surface area contributed by atoms with Crippen molar-refractivity contribution in [2.45, 2.75) is 0 Å². The maximum absolute atomic E-state index is 12.9. The molecule has 1 aromatic heterocycles. The summed E-state index contributed by atoms with van der Waals surface area (Å²) in [5, 5.41) is 2.94. The topological polar surface area (TPSA) is 56.3 Å². The first-order valence-corrected chi connectivity index (χ1v) is 5.19. The molecule has 2 rings (SSSR count). The van der Waals surface area contributed by atoms with Gasteiger partial charge in [-0.15, -0.1) is 0 Å². The molecule has 0 atom stereocenters. The van der Waals surface area contributed by atoms with E-state index < -0.39 is 5.95 Å². The van der Waals surface area contributed by atoms with Crippen LogP contribution in [0.5, 0.6) is 11.5 Å². The number of rotatable bonds is 4. The predicted molar refractivity (Wildman–Crippen MR) is 64.8 cm³/mol. The number of nitrogens with one attached hydrogen (secondary N) is 1. The lowest BCUT2D eigenvalue weighted by atomic mass is 10.2. The molecular weight excluding hydrogens is 237 g/mol. The molecule has 0 saturated heterocycles. The van der Waals surface area contributed by atoms with Crippen molar-refractivity contribution in [3.05, 3.63) is 36.5 Å². The molecule has 0 radical (unpaired) electrons. The van der Waals surface area contributed by atoms with E-state index in [4.69, 9.17) is 9.47 Å². The van der Waals surface area contributed by atoms with Crippen LogP contribution in [0.1, 0.15) is 0 Å². The number of nitrogens with zero attached hydrogens (tertiary/aromatic N) is 2. The highest BCUT2D eigenvalue weighted by atomic mass is 19.1. The van der Waals surface area contributed by atoms with Gasteiger partial charge in [-0.1, -0.05) is 0 Å². The Morgan fingerprint density at radius 3 is 2.22 bits per heavy atom. The smallest absolute Gasteiger partial charge is 0.218 e. The summed E-state index contributed by atoms with van der Waals surface area (Å²) in [6.45, 7) is 0. The van der Waals surface area contributed by atoms with Crippen molar-refractivity contribution in [3.8, 4) is 11.5 Å². The highest BCUT2D eigenvalue weighted by molar-refractivity contribution is 5.60. The number of benzene rings is 1. The van der Waals surface area contributed by atoms with Crippen molar-refractivity contribution in [3.63, 3.8) is 0 Å². The highest BCUT2D eigenvalue weighted by Crippen LogP contribution is 2.27. The quantitative estimate of drug-likeness (QED) is 0.843. The van der Waals surface area contributed by atoms with Gasteiger partial charge in [-0.05, 0) is 0 Å². The Bertz CT molecular complexity index is 526. The average molecular weight is 249 g/mol. The second-order valence-corrected chi connectivity index (χ2v) is 3.45. The normalized spacial score (nSPS) is 9.94. The fourth-order valence-corrected chi connectivity index (χ4v) is 1.43. The standard InChI is InChI=1S/C12H12FN3O2/c1-17-9-3-8(4-10(5-9)18-2)16-12-6-11(13)14-7-15-12/h3-7H,1-2H3,(H,14,15,16). The molecule has 2 aromatic rings. The van der Waals surface area contributed by atoms with Gasteiger partial charge in [-0.2, -0.15) is 4.39 Å². The molecule has 0 bridgehead atoms. The number of aromatic nitrogens is 2. The first kappa shape index (κ1) is 12.1. The lowest BCUT2D eigenvalue weighted by Crippen LogP contribution is -1.97. The molecule has 6 heteroatoms. The Kier molecular flexibility index (Phi) is 3.57. The van der Waals surface area contributed by atoms with E-state index in [1.165, 1.54) is 6.07 Å². The molecule has 0 aliphatic carbocycles. The Labute approximate surface area is 104 Å². The maximum Gasteiger partial charge on any atom is 0.218 e. The minimum Gasteiger partial charge on any atom is -0.497 e. The first-order chi connectivity index (χ1) is 8.71. The van der Waals surface area contributed by atoms with Gasteiger partial charge in [0.05, 0.1) is 14.2 Å². The molecule has 0 spiro atoms. The van der Waals surface area contributed by atoms with Crippen molar-refractivity contribution >= 4 is 11.5 Å². The SMILES string of the molecule is COc1cc(Nc2cc(F)ncn2)cc(OC)c1. The molecule has 1 heterocycles. The molecule has 0 saturated carbocycles. The number of halogens is 1. The Morgan fingerprint density at radius 2 is 1.67 bits per heavy atom. The molecule has 0 fully saturated rings. The third-order valence-electron chi connectivity index (χ3n) is 2.26. The van der Waals surface area contributed by atoms with E-state index in [0.717, 1.165) is 6.33 Å². The number of hydrogen-bond acceptors (Lipinski definition) is 5. The monoisotopic (exact) mass is 249 g/mol. The van der Waals surface area contributed by atoms with Gasteiger partial charge >= 0.3 is 0 Å². The van der Waals surface area contributed by atoms with Gasteiger partial charge < -0.3 is 14.8 Å². The molecule has 94 valence electrons. The molecule has 0 unspecified atom stereocenters. The van der Waals surface area contributed by atoms with E-state index in [1.54, 1.807) is 32.4 Å². The molecule has 18 heavy (non-hydrogen) atoms. The van der Waals surface area contributed by atoms with Crippen LogP contribution in [-0.4, -0.2) is 24.2 Å². The molecule has 5 nitrogen and oxygen atoms in total. The number of anilines is 2. The maximum atomic E-state index is 12.9. The zero-order chi connectivity index (χ0) is 13.0. The van der Waals surface area contributed by atoms with E-state index >= 15 is 0 Å². The second-order valence-electron chi connectivity index (χ2n) is 3.45. The summed E-state index contributed by atoms with van der Waals surface area (Å²) in [6, 6.07) is 6.45. The van der Waals surface area contributed by atoms with E-state index in [9.17, 15) is 4.39 Å². The Hall–Kier alpha value is -2.37. The summed E-state index contributed by atoms with van der Waals surface area (Å²) < 4.78 is 23.2. The fraction of sp³-hybridized carbons (Fsp3) is 0.167. The van der Waals surface area contributed by atoms with Gasteiger partial charge in [0.25, 0.3) is 0 Å². The van der Waals surface area contributed by atoms with Crippen molar-refractivity contribution in [2.75, 3.05) is 19.5 Å². The molecule has 1 aromatic carbocycles. The van der Waals surface area contributed by atoms with Crippen LogP contribution in [0.4, 0.5) is 15.9 Å². The fourth-order valence-electron chi connectivity index (χ4n) is 1.43. The van der Waals surface area contributed by atoms with Crippen LogP contribution < -0.4 is 14.8 Å². The summed E-state index contributed by atoms with van der Waals surface area (Å²) in [7, 11) is 3.12. The highest BCUT2D eigenvalue weighted by Gasteiger charge is 2.03. The lowest BCUT2D eigenvalue weighted by molar-refractivity contribution is 0.395. The van der Waals surface area contributed by atoms with Crippen molar-refractivity contribution in [1.82, 2.24) is 9.97 Å². The number of hydrogen-bond donors (Lipinski definition) is 1. The summed E-state index contributed by atoms with van der Waals surface area (Å²) in [5.41, 5.74) is 0.685. The van der Waals surface area contributed by atoms with Gasteiger partial charge in [-0.3, -0.25) is 0 Å². The first-order valence-electron chi connectivity index (χ1n) is 5.19. The zero-order valence-electron chi connectivity index (χ0n) is 9.98. The predicted octanol–water partition coefficient (Wildman–Crippen LogP) is 2.38. The summed E-state index contributed by atoms with van der Waals surface area (Å²) >= 11 is 0. The van der Waals surface area contributed by atoms with E-state index in [-0.39, 0.29) is 0 Å². The van der Waals surface area contributed by atoms with Crippen molar-refractivity contribution in [2.24, 2.45) is 0 Å². The number of methoxy groups -OCH3 is 2. The zero-order valence-corrected chi connectivity index (χ0v) is 9.98. The van der Waals surface area contributed by atoms with Crippen molar-refractivity contribution < 1.29 is 13.9 Å². The third-order valence-corrected chi connectivity index (χ3v) is 2.26. The van der Waals surface area contributed by atoms with Gasteiger partial charge in [0.15, 0.2) is 0 Å². The summed E-state index contributed by atoms with van der Waals surface area (Å²) in [6.07, 6.45) is 1.15. The third kappa shape index (κ3) is 2.85. The molecule has 1 N–H and O–H groups in total. The second kappa shape index (κ2) is 5.31. The van der Waals surface area contributed by atoms with Crippen LogP contribution in [0, 0.1) is 5.95 Å². The van der Waals surface area contributed by atoms with E-state index in [1.807, 2.05) is 0 Å². The minimum absolute atomic E-state index is 0.359. The van der Waals surface area contributed by atoms with E-state index in [2.05, 4.69) is 15.3 Å². The van der Waals surface area contributed by atoms with Crippen LogP contribution in [-0.2, 0) is 0 Å². The summed E-state index contributed by atoms with van der Waals surface area (Å²) in [4.78, 5) is 7.28. The molecule has 0 aliphatic heterocycles. The molecule has 0 amide bonds. The minimum atomic E-state index is -0.595. The Balaban J connectivity index is 2.28. The van der Waals surface area contributed by atoms with Gasteiger partial charge in [0, 0.05) is 30.0 Å². The Morgan fingerprint density at radius 1 is 1.00 bits per heavy atom. The summed E-state index contributed by atoms with van der Waals surface area (Å²) in [5.74, 6) is 1.03.